The molecule has 0 aliphatic rings. The van der Waals surface area contributed by atoms with Gasteiger partial charge in [0, 0.05) is 0 Å². The number of hydrogen-bond acceptors (Lipinski definition) is 3. The summed E-state index contributed by atoms with van der Waals surface area (Å²) in [5.41, 5.74) is 0.998. The van der Waals surface area contributed by atoms with Crippen LogP contribution in [0.1, 0.15) is 34.6 Å². The molecule has 1 N–H and O–H groups in total. The maximum absolute atomic E-state index is 11.6. The molecule has 2 atom stereocenters. The molecule has 15 heavy (non-hydrogen) atoms. The summed E-state index contributed by atoms with van der Waals surface area (Å²) in [4.78, 5) is 11.6. The molecule has 0 saturated heterocycles. The Morgan fingerprint density at radius 1 is 1.40 bits per heavy atom. The van der Waals surface area contributed by atoms with Gasteiger partial charge < -0.3 is 9.84 Å². The first-order valence-electron chi connectivity index (χ1n) is 5.39. The Labute approximate surface area is 92.1 Å². The van der Waals surface area contributed by atoms with Gasteiger partial charge in [0.25, 0.3) is 0 Å². The van der Waals surface area contributed by atoms with E-state index in [1.54, 1.807) is 13.0 Å². The van der Waals surface area contributed by atoms with E-state index in [0.717, 1.165) is 5.57 Å². The number of allylic oxidation sites excluding steroid dienone is 1. The first-order chi connectivity index (χ1) is 6.90. The van der Waals surface area contributed by atoms with E-state index in [1.807, 2.05) is 27.7 Å². The fourth-order valence-electron chi connectivity index (χ4n) is 1.49. The molecule has 0 aromatic heterocycles. The van der Waals surface area contributed by atoms with Crippen LogP contribution < -0.4 is 0 Å². The molecule has 0 aliphatic heterocycles. The van der Waals surface area contributed by atoms with Crippen molar-refractivity contribution >= 4 is 5.97 Å². The maximum atomic E-state index is 11.6. The van der Waals surface area contributed by atoms with Gasteiger partial charge in [-0.2, -0.15) is 0 Å². The Bertz CT molecular complexity index is 227. The van der Waals surface area contributed by atoms with Gasteiger partial charge in [0.05, 0.1) is 18.6 Å². The number of carbonyl (C=O) groups is 1. The minimum Gasteiger partial charge on any atom is -0.466 e. The third-order valence-corrected chi connectivity index (χ3v) is 2.15. The monoisotopic (exact) mass is 214 g/mol. The second kappa shape index (κ2) is 6.62. The first-order valence-corrected chi connectivity index (χ1v) is 5.39. The van der Waals surface area contributed by atoms with E-state index in [9.17, 15) is 9.90 Å². The summed E-state index contributed by atoms with van der Waals surface area (Å²) < 4.78 is 4.94. The van der Waals surface area contributed by atoms with Gasteiger partial charge in [-0.25, -0.2) is 0 Å². The maximum Gasteiger partial charge on any atom is 0.312 e. The Kier molecular flexibility index (Phi) is 6.25. The van der Waals surface area contributed by atoms with Gasteiger partial charge in [0.1, 0.15) is 0 Å². The van der Waals surface area contributed by atoms with E-state index in [1.165, 1.54) is 0 Å². The molecule has 0 fully saturated rings. The lowest BCUT2D eigenvalue weighted by Crippen LogP contribution is -2.33. The molecule has 0 heterocycles. The van der Waals surface area contributed by atoms with Crippen molar-refractivity contribution in [1.82, 2.24) is 0 Å². The lowest BCUT2D eigenvalue weighted by Gasteiger charge is -2.22. The van der Waals surface area contributed by atoms with E-state index >= 15 is 0 Å². The Hall–Kier alpha value is -0.830. The highest BCUT2D eigenvalue weighted by atomic mass is 16.5. The van der Waals surface area contributed by atoms with Crippen LogP contribution in [0.4, 0.5) is 0 Å². The van der Waals surface area contributed by atoms with Crippen molar-refractivity contribution < 1.29 is 14.6 Å². The molecule has 88 valence electrons. The number of hydrogen-bond donors (Lipinski definition) is 1. The van der Waals surface area contributed by atoms with Crippen molar-refractivity contribution in [2.45, 2.75) is 40.7 Å². The fraction of sp³-hybridized carbons (Fsp3) is 0.750. The summed E-state index contributed by atoms with van der Waals surface area (Å²) in [5, 5.41) is 9.87. The molecule has 0 aromatic carbocycles. The van der Waals surface area contributed by atoms with Crippen molar-refractivity contribution in [1.29, 1.82) is 0 Å². The van der Waals surface area contributed by atoms with Crippen LogP contribution >= 0.6 is 0 Å². The van der Waals surface area contributed by atoms with Crippen LogP contribution in [-0.2, 0) is 9.53 Å². The molecular weight excluding hydrogens is 192 g/mol. The van der Waals surface area contributed by atoms with Crippen LogP contribution in [0.3, 0.4) is 0 Å². The lowest BCUT2D eigenvalue weighted by molar-refractivity contribution is -0.153. The number of rotatable bonds is 5. The smallest absolute Gasteiger partial charge is 0.312 e. The molecule has 0 bridgehead atoms. The zero-order valence-electron chi connectivity index (χ0n) is 10.3. The van der Waals surface area contributed by atoms with Crippen molar-refractivity contribution in [3.63, 3.8) is 0 Å². The number of esters is 1. The van der Waals surface area contributed by atoms with Crippen molar-refractivity contribution in [3.8, 4) is 0 Å². The highest BCUT2D eigenvalue weighted by Gasteiger charge is 2.29. The van der Waals surface area contributed by atoms with E-state index in [0.29, 0.717) is 6.61 Å². The molecule has 0 aliphatic carbocycles. The van der Waals surface area contributed by atoms with Crippen LogP contribution in [0.25, 0.3) is 0 Å². The molecule has 2 unspecified atom stereocenters. The van der Waals surface area contributed by atoms with Gasteiger partial charge in [0.2, 0.25) is 0 Å². The predicted octanol–water partition coefficient (Wildman–Crippen LogP) is 2.15. The van der Waals surface area contributed by atoms with Crippen molar-refractivity contribution in [2.24, 2.45) is 11.8 Å². The quantitative estimate of drug-likeness (QED) is 0.563. The van der Waals surface area contributed by atoms with E-state index < -0.39 is 12.0 Å². The van der Waals surface area contributed by atoms with Gasteiger partial charge in [-0.05, 0) is 26.7 Å². The molecule has 0 rings (SSSR count). The van der Waals surface area contributed by atoms with E-state index in [4.69, 9.17) is 4.74 Å². The predicted molar refractivity (Wildman–Crippen MR) is 60.4 cm³/mol. The van der Waals surface area contributed by atoms with Crippen LogP contribution in [0, 0.1) is 11.8 Å². The SMILES string of the molecule is CCOC(=O)C(C(C)C)C(O)C=C(C)C. The zero-order valence-corrected chi connectivity index (χ0v) is 10.3. The van der Waals surface area contributed by atoms with Crippen LogP contribution in [0.2, 0.25) is 0 Å². The Morgan fingerprint density at radius 2 is 1.93 bits per heavy atom. The summed E-state index contributed by atoms with van der Waals surface area (Å²) in [6.45, 7) is 9.72. The molecule has 3 heteroatoms. The third kappa shape index (κ3) is 4.98. The van der Waals surface area contributed by atoms with Crippen molar-refractivity contribution in [2.75, 3.05) is 6.61 Å². The second-order valence-corrected chi connectivity index (χ2v) is 4.26. The molecule has 3 nitrogen and oxygen atoms in total. The molecular formula is C12H22O3. The molecule has 0 spiro atoms. The molecule has 0 amide bonds. The molecule has 0 saturated carbocycles. The van der Waals surface area contributed by atoms with Crippen LogP contribution in [0.15, 0.2) is 11.6 Å². The van der Waals surface area contributed by atoms with Gasteiger partial charge >= 0.3 is 5.97 Å². The fourth-order valence-corrected chi connectivity index (χ4v) is 1.49. The number of aliphatic hydroxyl groups is 1. The summed E-state index contributed by atoms with van der Waals surface area (Å²) in [6, 6.07) is 0. The summed E-state index contributed by atoms with van der Waals surface area (Å²) >= 11 is 0. The van der Waals surface area contributed by atoms with E-state index in [2.05, 4.69) is 0 Å². The number of carbonyl (C=O) groups excluding carboxylic acids is 1. The van der Waals surface area contributed by atoms with E-state index in [-0.39, 0.29) is 11.9 Å². The normalized spacial score (nSPS) is 14.6. The minimum atomic E-state index is -0.756. The second-order valence-electron chi connectivity index (χ2n) is 4.26. The number of aliphatic hydroxyl groups excluding tert-OH is 1. The number of ether oxygens (including phenoxy) is 1. The zero-order chi connectivity index (χ0) is 12.0. The minimum absolute atomic E-state index is 0.0645. The van der Waals surface area contributed by atoms with Crippen LogP contribution in [0.5, 0.6) is 0 Å². The average Bonchev–Trinajstić information content (AvgIpc) is 2.01. The Morgan fingerprint density at radius 3 is 2.27 bits per heavy atom. The van der Waals surface area contributed by atoms with Gasteiger partial charge in [0.15, 0.2) is 0 Å². The summed E-state index contributed by atoms with van der Waals surface area (Å²) in [5.74, 6) is -0.730. The molecule has 0 radical (unpaired) electrons. The van der Waals surface area contributed by atoms with Crippen molar-refractivity contribution in [3.05, 3.63) is 11.6 Å². The van der Waals surface area contributed by atoms with Gasteiger partial charge in [-0.15, -0.1) is 0 Å². The largest absolute Gasteiger partial charge is 0.466 e. The summed E-state index contributed by atoms with van der Waals surface area (Å²) in [7, 11) is 0. The first kappa shape index (κ1) is 14.2. The topological polar surface area (TPSA) is 46.5 Å². The highest BCUT2D eigenvalue weighted by molar-refractivity contribution is 5.73. The van der Waals surface area contributed by atoms with Crippen LogP contribution in [-0.4, -0.2) is 23.8 Å². The summed E-state index contributed by atoms with van der Waals surface area (Å²) in [6.07, 6.45) is 0.941. The highest BCUT2D eigenvalue weighted by Crippen LogP contribution is 2.19. The standard InChI is InChI=1S/C12H22O3/c1-6-15-12(14)11(9(4)5)10(13)7-8(2)3/h7,9-11,13H,6H2,1-5H3. The third-order valence-electron chi connectivity index (χ3n) is 2.15. The van der Waals surface area contributed by atoms with Gasteiger partial charge in [-0.1, -0.05) is 25.5 Å². The Balaban J connectivity index is 4.66. The lowest BCUT2D eigenvalue weighted by atomic mass is 9.89. The van der Waals surface area contributed by atoms with Gasteiger partial charge in [-0.3, -0.25) is 4.79 Å². The average molecular weight is 214 g/mol. The molecule has 0 aromatic rings.